The number of benzene rings is 2. The highest BCUT2D eigenvalue weighted by Crippen LogP contribution is 2.25. The Morgan fingerprint density at radius 1 is 1.00 bits per heavy atom. The van der Waals surface area contributed by atoms with Gasteiger partial charge in [0.15, 0.2) is 0 Å². The molecule has 126 valence electrons. The van der Waals surface area contributed by atoms with E-state index in [0.29, 0.717) is 22.4 Å². The lowest BCUT2D eigenvalue weighted by molar-refractivity contribution is -0.114. The van der Waals surface area contributed by atoms with Gasteiger partial charge in [0.05, 0.1) is 11.1 Å². The SMILES string of the molecule is CC(=O)Nc1ccc(Nc2cc(C(=O)O)c3cc(C)ccc3n2)cc1. The molecular weight excluding hydrogens is 318 g/mol. The fraction of sp³-hybridized carbons (Fsp3) is 0.105. The maximum absolute atomic E-state index is 11.6. The first-order valence-electron chi connectivity index (χ1n) is 7.72. The number of aromatic carboxylic acids is 1. The van der Waals surface area contributed by atoms with E-state index in [0.717, 1.165) is 11.3 Å². The Bertz CT molecular complexity index is 966. The van der Waals surface area contributed by atoms with E-state index in [9.17, 15) is 14.7 Å². The number of carbonyl (C=O) groups is 2. The molecule has 0 saturated heterocycles. The van der Waals surface area contributed by atoms with Gasteiger partial charge in [-0.05, 0) is 49.4 Å². The number of amides is 1. The fourth-order valence-corrected chi connectivity index (χ4v) is 2.57. The van der Waals surface area contributed by atoms with Crippen molar-refractivity contribution >= 4 is 40.0 Å². The van der Waals surface area contributed by atoms with Crippen LogP contribution in [0.4, 0.5) is 17.2 Å². The van der Waals surface area contributed by atoms with Crippen molar-refractivity contribution < 1.29 is 14.7 Å². The first kappa shape index (κ1) is 16.4. The third kappa shape index (κ3) is 3.74. The number of hydrogen-bond acceptors (Lipinski definition) is 4. The third-order valence-electron chi connectivity index (χ3n) is 3.67. The van der Waals surface area contributed by atoms with E-state index in [1.165, 1.54) is 13.0 Å². The van der Waals surface area contributed by atoms with Crippen molar-refractivity contribution in [2.45, 2.75) is 13.8 Å². The molecule has 1 heterocycles. The van der Waals surface area contributed by atoms with Crippen LogP contribution in [0.25, 0.3) is 10.9 Å². The molecule has 6 heteroatoms. The number of aryl methyl sites for hydroxylation is 1. The second-order valence-corrected chi connectivity index (χ2v) is 5.76. The van der Waals surface area contributed by atoms with Crippen LogP contribution in [-0.4, -0.2) is 22.0 Å². The monoisotopic (exact) mass is 335 g/mol. The quantitative estimate of drug-likeness (QED) is 0.671. The van der Waals surface area contributed by atoms with E-state index in [1.807, 2.05) is 25.1 Å². The molecule has 0 spiro atoms. The Morgan fingerprint density at radius 2 is 1.68 bits per heavy atom. The van der Waals surface area contributed by atoms with Crippen molar-refractivity contribution in [2.75, 3.05) is 10.6 Å². The summed E-state index contributed by atoms with van der Waals surface area (Å²) < 4.78 is 0. The van der Waals surface area contributed by atoms with Gasteiger partial charge in [0.25, 0.3) is 0 Å². The van der Waals surface area contributed by atoms with Crippen molar-refractivity contribution in [3.8, 4) is 0 Å². The second kappa shape index (κ2) is 6.60. The van der Waals surface area contributed by atoms with Crippen molar-refractivity contribution in [2.24, 2.45) is 0 Å². The predicted molar refractivity (Wildman–Crippen MR) is 97.5 cm³/mol. The van der Waals surface area contributed by atoms with Crippen LogP contribution in [0.3, 0.4) is 0 Å². The molecule has 3 N–H and O–H groups in total. The van der Waals surface area contributed by atoms with E-state index in [1.54, 1.807) is 24.3 Å². The number of nitrogens with one attached hydrogen (secondary N) is 2. The smallest absolute Gasteiger partial charge is 0.336 e. The second-order valence-electron chi connectivity index (χ2n) is 5.76. The Morgan fingerprint density at radius 3 is 2.32 bits per heavy atom. The number of nitrogens with zero attached hydrogens (tertiary/aromatic N) is 1. The molecule has 3 rings (SSSR count). The lowest BCUT2D eigenvalue weighted by atomic mass is 10.1. The Kier molecular flexibility index (Phi) is 4.35. The largest absolute Gasteiger partial charge is 0.478 e. The first-order valence-corrected chi connectivity index (χ1v) is 7.72. The maximum Gasteiger partial charge on any atom is 0.336 e. The summed E-state index contributed by atoms with van der Waals surface area (Å²) >= 11 is 0. The Labute approximate surface area is 144 Å². The maximum atomic E-state index is 11.6. The lowest BCUT2D eigenvalue weighted by Gasteiger charge is -2.10. The Hall–Kier alpha value is -3.41. The van der Waals surface area contributed by atoms with Crippen LogP contribution in [0.1, 0.15) is 22.8 Å². The lowest BCUT2D eigenvalue weighted by Crippen LogP contribution is -2.05. The van der Waals surface area contributed by atoms with Gasteiger partial charge in [-0.15, -0.1) is 0 Å². The van der Waals surface area contributed by atoms with Crippen molar-refractivity contribution in [1.29, 1.82) is 0 Å². The molecule has 0 aliphatic carbocycles. The van der Waals surface area contributed by atoms with Gasteiger partial charge in [0.1, 0.15) is 5.82 Å². The molecule has 1 aromatic heterocycles. The van der Waals surface area contributed by atoms with Crippen molar-refractivity contribution in [3.05, 3.63) is 59.7 Å². The first-order chi connectivity index (χ1) is 11.9. The summed E-state index contributed by atoms with van der Waals surface area (Å²) in [5, 5.41) is 15.9. The molecule has 6 nitrogen and oxygen atoms in total. The van der Waals surface area contributed by atoms with Crippen LogP contribution in [0.15, 0.2) is 48.5 Å². The number of carboxylic acid groups (broad SMARTS) is 1. The van der Waals surface area contributed by atoms with E-state index in [4.69, 9.17) is 0 Å². The van der Waals surface area contributed by atoms with Crippen molar-refractivity contribution in [3.63, 3.8) is 0 Å². The fourth-order valence-electron chi connectivity index (χ4n) is 2.57. The van der Waals surface area contributed by atoms with Gasteiger partial charge >= 0.3 is 5.97 Å². The van der Waals surface area contributed by atoms with Crippen LogP contribution in [0, 0.1) is 6.92 Å². The molecule has 25 heavy (non-hydrogen) atoms. The summed E-state index contributed by atoms with van der Waals surface area (Å²) in [6, 6.07) is 14.1. The molecule has 0 aliphatic rings. The standard InChI is InChI=1S/C19H17N3O3/c1-11-3-8-17-15(9-11)16(19(24)25)10-18(22-17)21-14-6-4-13(5-7-14)20-12(2)23/h3-10H,1-2H3,(H,20,23)(H,21,22)(H,24,25). The number of aromatic nitrogens is 1. The third-order valence-corrected chi connectivity index (χ3v) is 3.67. The molecule has 0 bridgehead atoms. The molecule has 0 aliphatic heterocycles. The number of carboxylic acids is 1. The minimum absolute atomic E-state index is 0.140. The number of pyridine rings is 1. The van der Waals surface area contributed by atoms with Gasteiger partial charge in [-0.1, -0.05) is 11.6 Å². The Balaban J connectivity index is 1.94. The summed E-state index contributed by atoms with van der Waals surface area (Å²) in [6.07, 6.45) is 0. The van der Waals surface area contributed by atoms with Gasteiger partial charge in [-0.2, -0.15) is 0 Å². The molecule has 2 aromatic carbocycles. The van der Waals surface area contributed by atoms with E-state index in [-0.39, 0.29) is 11.5 Å². The van der Waals surface area contributed by atoms with Crippen LogP contribution in [0.5, 0.6) is 0 Å². The van der Waals surface area contributed by atoms with Gasteiger partial charge in [-0.3, -0.25) is 4.79 Å². The highest BCUT2D eigenvalue weighted by atomic mass is 16.4. The number of carbonyl (C=O) groups excluding carboxylic acids is 1. The van der Waals surface area contributed by atoms with E-state index in [2.05, 4.69) is 15.6 Å². The average Bonchev–Trinajstić information content (AvgIpc) is 2.55. The zero-order chi connectivity index (χ0) is 18.0. The molecule has 1 amide bonds. The highest BCUT2D eigenvalue weighted by Gasteiger charge is 2.12. The van der Waals surface area contributed by atoms with Crippen LogP contribution in [-0.2, 0) is 4.79 Å². The summed E-state index contributed by atoms with van der Waals surface area (Å²) in [5.41, 5.74) is 3.22. The molecule has 0 fully saturated rings. The molecule has 0 radical (unpaired) electrons. The topological polar surface area (TPSA) is 91.3 Å². The minimum Gasteiger partial charge on any atom is -0.478 e. The summed E-state index contributed by atoms with van der Waals surface area (Å²) in [4.78, 5) is 27.1. The van der Waals surface area contributed by atoms with E-state index >= 15 is 0 Å². The zero-order valence-electron chi connectivity index (χ0n) is 13.8. The molecular formula is C19H17N3O3. The van der Waals surface area contributed by atoms with Crippen LogP contribution in [0.2, 0.25) is 0 Å². The number of fused-ring (bicyclic) bond motifs is 1. The van der Waals surface area contributed by atoms with Crippen LogP contribution < -0.4 is 10.6 Å². The number of rotatable bonds is 4. The summed E-state index contributed by atoms with van der Waals surface area (Å²) in [7, 11) is 0. The molecule has 3 aromatic rings. The summed E-state index contributed by atoms with van der Waals surface area (Å²) in [6.45, 7) is 3.36. The molecule has 0 atom stereocenters. The van der Waals surface area contributed by atoms with Gasteiger partial charge in [0, 0.05) is 23.7 Å². The predicted octanol–water partition coefficient (Wildman–Crippen LogP) is 3.94. The number of anilines is 3. The zero-order valence-corrected chi connectivity index (χ0v) is 13.8. The van der Waals surface area contributed by atoms with E-state index < -0.39 is 5.97 Å². The average molecular weight is 335 g/mol. The van der Waals surface area contributed by atoms with Crippen LogP contribution >= 0.6 is 0 Å². The molecule has 0 saturated carbocycles. The summed E-state index contributed by atoms with van der Waals surface area (Å²) in [5.74, 6) is -0.693. The van der Waals surface area contributed by atoms with Gasteiger partial charge in [0.2, 0.25) is 5.91 Å². The minimum atomic E-state index is -0.998. The van der Waals surface area contributed by atoms with Crippen molar-refractivity contribution in [1.82, 2.24) is 4.98 Å². The molecule has 0 unspecified atom stereocenters. The number of hydrogen-bond donors (Lipinski definition) is 3. The normalized spacial score (nSPS) is 10.5. The van der Waals surface area contributed by atoms with Gasteiger partial charge < -0.3 is 15.7 Å². The highest BCUT2D eigenvalue weighted by molar-refractivity contribution is 6.03. The van der Waals surface area contributed by atoms with Gasteiger partial charge in [-0.25, -0.2) is 9.78 Å².